The number of nitrogens with one attached hydrogen (secondary N) is 1. The lowest BCUT2D eigenvalue weighted by atomic mass is 10.1. The number of carbonyl (C=O) groups excluding carboxylic acids is 1. The van der Waals surface area contributed by atoms with E-state index in [4.69, 9.17) is 0 Å². The monoisotopic (exact) mass is 297 g/mol. The van der Waals surface area contributed by atoms with Crippen molar-refractivity contribution in [2.75, 3.05) is 19.6 Å². The highest BCUT2D eigenvalue weighted by Crippen LogP contribution is 2.12. The van der Waals surface area contributed by atoms with Gasteiger partial charge in [0.1, 0.15) is 0 Å². The van der Waals surface area contributed by atoms with Crippen LogP contribution in [0.1, 0.15) is 31.9 Å². The van der Waals surface area contributed by atoms with Gasteiger partial charge in [0.2, 0.25) is 5.91 Å². The number of pyridine rings is 1. The average Bonchev–Trinajstić information content (AvgIpc) is 2.97. The van der Waals surface area contributed by atoms with Crippen molar-refractivity contribution in [2.45, 2.75) is 38.6 Å². The van der Waals surface area contributed by atoms with Gasteiger partial charge in [0.25, 0.3) is 0 Å². The van der Waals surface area contributed by atoms with Gasteiger partial charge in [0.05, 0.1) is 0 Å². The molecule has 2 heterocycles. The Kier molecular flexibility index (Phi) is 7.55. The van der Waals surface area contributed by atoms with E-state index < -0.39 is 0 Å². The third-order valence-electron chi connectivity index (χ3n) is 3.58. The van der Waals surface area contributed by atoms with Crippen molar-refractivity contribution in [3.8, 4) is 0 Å². The Morgan fingerprint density at radius 2 is 2.35 bits per heavy atom. The van der Waals surface area contributed by atoms with Crippen LogP contribution >= 0.6 is 12.4 Å². The molecule has 5 heteroatoms. The van der Waals surface area contributed by atoms with Gasteiger partial charge >= 0.3 is 0 Å². The molecule has 1 unspecified atom stereocenters. The zero-order valence-corrected chi connectivity index (χ0v) is 12.9. The van der Waals surface area contributed by atoms with Crippen LogP contribution in [0.25, 0.3) is 0 Å². The Hall–Kier alpha value is -1.13. The summed E-state index contributed by atoms with van der Waals surface area (Å²) in [4.78, 5) is 18.7. The molecule has 4 nitrogen and oxygen atoms in total. The summed E-state index contributed by atoms with van der Waals surface area (Å²) >= 11 is 0. The van der Waals surface area contributed by atoms with E-state index in [0.29, 0.717) is 12.5 Å². The molecular weight excluding hydrogens is 274 g/mol. The second-order valence-electron chi connectivity index (χ2n) is 5.05. The van der Waals surface area contributed by atoms with E-state index >= 15 is 0 Å². The summed E-state index contributed by atoms with van der Waals surface area (Å²) in [5.74, 6) is 0.265. The van der Waals surface area contributed by atoms with Crippen LogP contribution < -0.4 is 5.32 Å². The van der Waals surface area contributed by atoms with Gasteiger partial charge in [-0.3, -0.25) is 9.78 Å². The van der Waals surface area contributed by atoms with Crippen LogP contribution in [-0.2, 0) is 11.2 Å². The predicted octanol–water partition coefficient (Wildman–Crippen LogP) is 2.04. The molecule has 20 heavy (non-hydrogen) atoms. The molecule has 2 rings (SSSR count). The third-order valence-corrected chi connectivity index (χ3v) is 3.58. The fourth-order valence-electron chi connectivity index (χ4n) is 2.58. The minimum atomic E-state index is 0. The number of amides is 1. The maximum Gasteiger partial charge on any atom is 0.223 e. The molecule has 1 N–H and O–H groups in total. The van der Waals surface area contributed by atoms with Crippen molar-refractivity contribution in [1.82, 2.24) is 15.2 Å². The first-order chi connectivity index (χ1) is 9.31. The number of halogens is 1. The summed E-state index contributed by atoms with van der Waals surface area (Å²) in [6, 6.07) is 6.24. The standard InChI is InChI=1S/C15H23N3O.ClH/c1-2-11-18(14-8-10-16-12-14)15(19)7-6-13-5-3-4-9-17-13;/h3-5,9,14,16H,2,6-8,10-12H2,1H3;1H. The van der Waals surface area contributed by atoms with E-state index in [0.717, 1.165) is 44.6 Å². The molecule has 0 spiro atoms. The lowest BCUT2D eigenvalue weighted by Crippen LogP contribution is -2.42. The Bertz CT molecular complexity index is 393. The van der Waals surface area contributed by atoms with Gasteiger partial charge in [-0.05, 0) is 37.9 Å². The van der Waals surface area contributed by atoms with Gasteiger partial charge in [-0.15, -0.1) is 12.4 Å². The van der Waals surface area contributed by atoms with Crippen molar-refractivity contribution in [1.29, 1.82) is 0 Å². The second kappa shape index (κ2) is 8.93. The van der Waals surface area contributed by atoms with E-state index in [1.165, 1.54) is 0 Å². The lowest BCUT2D eigenvalue weighted by molar-refractivity contribution is -0.133. The van der Waals surface area contributed by atoms with E-state index in [1.54, 1.807) is 6.20 Å². The summed E-state index contributed by atoms with van der Waals surface area (Å²) in [5.41, 5.74) is 0.997. The number of hydrogen-bond donors (Lipinski definition) is 1. The number of carbonyl (C=O) groups is 1. The lowest BCUT2D eigenvalue weighted by Gasteiger charge is -2.28. The number of hydrogen-bond acceptors (Lipinski definition) is 3. The van der Waals surface area contributed by atoms with Crippen molar-refractivity contribution in [2.24, 2.45) is 0 Å². The first kappa shape index (κ1) is 16.9. The zero-order valence-electron chi connectivity index (χ0n) is 12.0. The van der Waals surface area contributed by atoms with Gasteiger partial charge < -0.3 is 10.2 Å². The Balaban J connectivity index is 0.00000200. The van der Waals surface area contributed by atoms with E-state index in [1.807, 2.05) is 18.2 Å². The molecule has 0 radical (unpaired) electrons. The van der Waals surface area contributed by atoms with Crippen molar-refractivity contribution >= 4 is 18.3 Å². The summed E-state index contributed by atoms with van der Waals surface area (Å²) in [5, 5.41) is 3.33. The summed E-state index contributed by atoms with van der Waals surface area (Å²) in [7, 11) is 0. The Morgan fingerprint density at radius 1 is 1.50 bits per heavy atom. The van der Waals surface area contributed by atoms with Gasteiger partial charge in [0.15, 0.2) is 0 Å². The van der Waals surface area contributed by atoms with Crippen molar-refractivity contribution < 1.29 is 4.79 Å². The van der Waals surface area contributed by atoms with Crippen LogP contribution in [0.15, 0.2) is 24.4 Å². The predicted molar refractivity (Wildman–Crippen MR) is 83.1 cm³/mol. The van der Waals surface area contributed by atoms with E-state index in [2.05, 4.69) is 22.1 Å². The maximum atomic E-state index is 12.4. The number of aryl methyl sites for hydroxylation is 1. The Morgan fingerprint density at radius 3 is 2.95 bits per heavy atom. The molecule has 1 aliphatic heterocycles. The van der Waals surface area contributed by atoms with Crippen molar-refractivity contribution in [3.63, 3.8) is 0 Å². The average molecular weight is 298 g/mol. The maximum absolute atomic E-state index is 12.4. The number of aromatic nitrogens is 1. The molecule has 1 fully saturated rings. The normalized spacial score (nSPS) is 17.6. The summed E-state index contributed by atoms with van der Waals surface area (Å²) < 4.78 is 0. The zero-order chi connectivity index (χ0) is 13.5. The highest BCUT2D eigenvalue weighted by molar-refractivity contribution is 5.85. The summed E-state index contributed by atoms with van der Waals surface area (Å²) in [6.45, 7) is 4.96. The highest BCUT2D eigenvalue weighted by atomic mass is 35.5. The smallest absolute Gasteiger partial charge is 0.223 e. The minimum absolute atomic E-state index is 0. The largest absolute Gasteiger partial charge is 0.338 e. The van der Waals surface area contributed by atoms with E-state index in [9.17, 15) is 4.79 Å². The van der Waals surface area contributed by atoms with Gasteiger partial charge in [-0.1, -0.05) is 13.0 Å². The number of rotatable bonds is 6. The molecule has 1 saturated heterocycles. The minimum Gasteiger partial charge on any atom is -0.338 e. The molecule has 1 aromatic heterocycles. The van der Waals surface area contributed by atoms with Crippen LogP contribution in [0, 0.1) is 0 Å². The molecular formula is C15H24ClN3O. The molecule has 112 valence electrons. The SMILES string of the molecule is CCCN(C(=O)CCc1ccccn1)C1CCNC1.Cl. The topological polar surface area (TPSA) is 45.2 Å². The Labute approximate surface area is 127 Å². The molecule has 1 aliphatic rings. The first-order valence-corrected chi connectivity index (χ1v) is 7.21. The fraction of sp³-hybridized carbons (Fsp3) is 0.600. The molecule has 0 bridgehead atoms. The first-order valence-electron chi connectivity index (χ1n) is 7.21. The summed E-state index contributed by atoms with van der Waals surface area (Å²) in [6.07, 6.45) is 5.18. The van der Waals surface area contributed by atoms with Crippen LogP contribution in [0.5, 0.6) is 0 Å². The van der Waals surface area contributed by atoms with Crippen molar-refractivity contribution in [3.05, 3.63) is 30.1 Å². The fourth-order valence-corrected chi connectivity index (χ4v) is 2.58. The van der Waals surface area contributed by atoms with Gasteiger partial charge in [-0.2, -0.15) is 0 Å². The highest BCUT2D eigenvalue weighted by Gasteiger charge is 2.25. The molecule has 1 aromatic rings. The molecule has 1 amide bonds. The van der Waals surface area contributed by atoms with Crippen LogP contribution in [0.4, 0.5) is 0 Å². The van der Waals surface area contributed by atoms with Crippen LogP contribution in [-0.4, -0.2) is 41.5 Å². The number of nitrogens with zero attached hydrogens (tertiary/aromatic N) is 2. The van der Waals surface area contributed by atoms with Crippen LogP contribution in [0.2, 0.25) is 0 Å². The van der Waals surface area contributed by atoms with Gasteiger partial charge in [0, 0.05) is 37.4 Å². The van der Waals surface area contributed by atoms with Crippen LogP contribution in [0.3, 0.4) is 0 Å². The molecule has 0 aromatic carbocycles. The second-order valence-corrected chi connectivity index (χ2v) is 5.05. The molecule has 0 saturated carbocycles. The third kappa shape index (κ3) is 4.76. The molecule has 0 aliphatic carbocycles. The quantitative estimate of drug-likeness (QED) is 0.874. The van der Waals surface area contributed by atoms with Gasteiger partial charge in [-0.25, -0.2) is 0 Å². The molecule has 1 atom stereocenters. The van der Waals surface area contributed by atoms with E-state index in [-0.39, 0.29) is 18.3 Å².